The maximum Gasteiger partial charge on any atom is 0.193 e. The number of hydrogen-bond donors (Lipinski definition) is 1. The van der Waals surface area contributed by atoms with Gasteiger partial charge < -0.3 is 15.0 Å². The maximum absolute atomic E-state index is 5.66. The van der Waals surface area contributed by atoms with Gasteiger partial charge in [-0.1, -0.05) is 24.3 Å². The van der Waals surface area contributed by atoms with Crippen molar-refractivity contribution in [2.24, 2.45) is 10.4 Å². The van der Waals surface area contributed by atoms with E-state index in [1.165, 1.54) is 49.9 Å². The van der Waals surface area contributed by atoms with E-state index in [-0.39, 0.29) is 0 Å². The predicted octanol–water partition coefficient (Wildman–Crippen LogP) is 2.47. The molecule has 1 unspecified atom stereocenters. The summed E-state index contributed by atoms with van der Waals surface area (Å²) in [5, 5.41) is 3.62. The van der Waals surface area contributed by atoms with Gasteiger partial charge in [-0.15, -0.1) is 0 Å². The monoisotopic (exact) mass is 356 g/mol. The van der Waals surface area contributed by atoms with Gasteiger partial charge in [0.2, 0.25) is 0 Å². The van der Waals surface area contributed by atoms with Crippen molar-refractivity contribution in [2.75, 3.05) is 46.4 Å². The van der Waals surface area contributed by atoms with E-state index in [0.717, 1.165) is 45.4 Å². The molecule has 0 amide bonds. The zero-order valence-corrected chi connectivity index (χ0v) is 16.0. The summed E-state index contributed by atoms with van der Waals surface area (Å²) in [7, 11) is 1.90. The topological polar surface area (TPSA) is 40.1 Å². The van der Waals surface area contributed by atoms with E-state index in [0.29, 0.717) is 5.41 Å². The molecule has 0 bridgehead atoms. The van der Waals surface area contributed by atoms with E-state index < -0.39 is 0 Å². The first-order valence-electron chi connectivity index (χ1n) is 10.1. The molecule has 1 atom stereocenters. The van der Waals surface area contributed by atoms with E-state index >= 15 is 0 Å². The van der Waals surface area contributed by atoms with Gasteiger partial charge in [0, 0.05) is 45.2 Å². The number of benzene rings is 1. The van der Waals surface area contributed by atoms with Crippen LogP contribution in [0.1, 0.15) is 36.8 Å². The summed E-state index contributed by atoms with van der Waals surface area (Å²) < 4.78 is 5.66. The lowest BCUT2D eigenvalue weighted by atomic mass is 9.87. The molecule has 3 aliphatic heterocycles. The molecule has 26 heavy (non-hydrogen) atoms. The number of guanidine groups is 1. The molecule has 1 aromatic carbocycles. The lowest BCUT2D eigenvalue weighted by Crippen LogP contribution is -2.41. The molecular weight excluding hydrogens is 324 g/mol. The van der Waals surface area contributed by atoms with E-state index in [1.807, 2.05) is 7.05 Å². The van der Waals surface area contributed by atoms with Crippen molar-refractivity contribution in [3.05, 3.63) is 35.4 Å². The first-order chi connectivity index (χ1) is 12.8. The predicted molar refractivity (Wildman–Crippen MR) is 105 cm³/mol. The van der Waals surface area contributed by atoms with Crippen LogP contribution in [-0.2, 0) is 17.8 Å². The van der Waals surface area contributed by atoms with Gasteiger partial charge in [-0.3, -0.25) is 9.89 Å². The first kappa shape index (κ1) is 17.8. The Morgan fingerprint density at radius 2 is 1.96 bits per heavy atom. The van der Waals surface area contributed by atoms with Crippen LogP contribution in [0.2, 0.25) is 0 Å². The molecule has 3 saturated heterocycles. The van der Waals surface area contributed by atoms with Crippen LogP contribution in [0.5, 0.6) is 0 Å². The molecule has 0 aromatic heterocycles. The van der Waals surface area contributed by atoms with Gasteiger partial charge in [0.25, 0.3) is 0 Å². The average Bonchev–Trinajstić information content (AvgIpc) is 3.41. The second-order valence-corrected chi connectivity index (χ2v) is 8.13. The number of rotatable bonds is 4. The molecule has 5 nitrogen and oxygen atoms in total. The third-order valence-electron chi connectivity index (χ3n) is 6.28. The van der Waals surface area contributed by atoms with E-state index in [9.17, 15) is 0 Å². The minimum atomic E-state index is 0.366. The Balaban J connectivity index is 1.37. The molecule has 3 aliphatic rings. The molecule has 142 valence electrons. The Kier molecular flexibility index (Phi) is 5.46. The Morgan fingerprint density at radius 3 is 2.69 bits per heavy atom. The molecule has 3 heterocycles. The van der Waals surface area contributed by atoms with Crippen molar-refractivity contribution in [1.82, 2.24) is 15.1 Å². The maximum atomic E-state index is 5.66. The summed E-state index contributed by atoms with van der Waals surface area (Å²) in [4.78, 5) is 9.53. The molecule has 0 radical (unpaired) electrons. The van der Waals surface area contributed by atoms with Crippen LogP contribution >= 0.6 is 0 Å². The third-order valence-corrected chi connectivity index (χ3v) is 6.28. The Labute approximate surface area is 157 Å². The molecule has 0 aliphatic carbocycles. The van der Waals surface area contributed by atoms with Crippen LogP contribution in [0.4, 0.5) is 0 Å². The summed E-state index contributed by atoms with van der Waals surface area (Å²) in [6.07, 6.45) is 5.10. The number of aliphatic imine (C=N–C) groups is 1. The lowest BCUT2D eigenvalue weighted by Gasteiger charge is -2.25. The van der Waals surface area contributed by atoms with Gasteiger partial charge in [-0.2, -0.15) is 0 Å². The molecule has 3 fully saturated rings. The highest BCUT2D eigenvalue weighted by atomic mass is 16.5. The van der Waals surface area contributed by atoms with Gasteiger partial charge in [0.15, 0.2) is 5.96 Å². The molecule has 0 saturated carbocycles. The normalized spacial score (nSPS) is 27.0. The van der Waals surface area contributed by atoms with Crippen LogP contribution in [0, 0.1) is 5.41 Å². The van der Waals surface area contributed by atoms with Crippen molar-refractivity contribution in [3.8, 4) is 0 Å². The summed E-state index contributed by atoms with van der Waals surface area (Å²) in [5.41, 5.74) is 3.20. The van der Waals surface area contributed by atoms with Crippen LogP contribution in [-0.4, -0.2) is 62.2 Å². The van der Waals surface area contributed by atoms with Crippen molar-refractivity contribution in [1.29, 1.82) is 0 Å². The summed E-state index contributed by atoms with van der Waals surface area (Å²) >= 11 is 0. The highest BCUT2D eigenvalue weighted by molar-refractivity contribution is 5.80. The average molecular weight is 357 g/mol. The van der Waals surface area contributed by atoms with Crippen LogP contribution in [0.25, 0.3) is 0 Å². The Hall–Kier alpha value is -1.59. The van der Waals surface area contributed by atoms with Crippen LogP contribution < -0.4 is 5.32 Å². The second-order valence-electron chi connectivity index (χ2n) is 8.13. The van der Waals surface area contributed by atoms with Crippen molar-refractivity contribution < 1.29 is 4.74 Å². The van der Waals surface area contributed by atoms with E-state index in [4.69, 9.17) is 4.74 Å². The minimum Gasteiger partial charge on any atom is -0.381 e. The van der Waals surface area contributed by atoms with Gasteiger partial charge in [0.1, 0.15) is 0 Å². The Bertz CT molecular complexity index is 633. The van der Waals surface area contributed by atoms with Crippen molar-refractivity contribution in [3.63, 3.8) is 0 Å². The fraction of sp³-hybridized carbons (Fsp3) is 0.667. The number of nitrogens with zero attached hydrogens (tertiary/aromatic N) is 3. The highest BCUT2D eigenvalue weighted by Gasteiger charge is 2.42. The third kappa shape index (κ3) is 3.89. The van der Waals surface area contributed by atoms with Gasteiger partial charge in [-0.25, -0.2) is 0 Å². The molecule has 1 spiro atoms. The molecule has 4 rings (SSSR count). The zero-order valence-electron chi connectivity index (χ0n) is 16.0. The van der Waals surface area contributed by atoms with E-state index in [1.54, 1.807) is 0 Å². The largest absolute Gasteiger partial charge is 0.381 e. The first-order valence-corrected chi connectivity index (χ1v) is 10.1. The number of likely N-dealkylation sites (tertiary alicyclic amines) is 2. The fourth-order valence-corrected chi connectivity index (χ4v) is 4.66. The molecule has 1 N–H and O–H groups in total. The number of nitrogens with one attached hydrogen (secondary N) is 1. The smallest absolute Gasteiger partial charge is 0.193 e. The van der Waals surface area contributed by atoms with Crippen LogP contribution in [0.15, 0.2) is 29.3 Å². The highest BCUT2D eigenvalue weighted by Crippen LogP contribution is 2.38. The zero-order chi connectivity index (χ0) is 17.8. The summed E-state index contributed by atoms with van der Waals surface area (Å²) in [5.74, 6) is 1.03. The van der Waals surface area contributed by atoms with Crippen molar-refractivity contribution in [2.45, 2.75) is 38.8 Å². The number of ether oxygens (including phenoxy) is 1. The van der Waals surface area contributed by atoms with Crippen LogP contribution in [0.3, 0.4) is 0 Å². The molecular formula is C21H32N4O. The Morgan fingerprint density at radius 1 is 1.15 bits per heavy atom. The number of hydrogen-bond acceptors (Lipinski definition) is 3. The quantitative estimate of drug-likeness (QED) is 0.665. The molecule has 1 aromatic rings. The van der Waals surface area contributed by atoms with E-state index in [2.05, 4.69) is 44.4 Å². The van der Waals surface area contributed by atoms with Gasteiger partial charge in [-0.05, 0) is 49.9 Å². The lowest BCUT2D eigenvalue weighted by molar-refractivity contribution is 0.156. The van der Waals surface area contributed by atoms with Gasteiger partial charge in [0.05, 0.1) is 6.61 Å². The van der Waals surface area contributed by atoms with Gasteiger partial charge >= 0.3 is 0 Å². The summed E-state index contributed by atoms with van der Waals surface area (Å²) in [6, 6.07) is 8.84. The summed E-state index contributed by atoms with van der Waals surface area (Å²) in [6.45, 7) is 8.38. The molecule has 5 heteroatoms. The SMILES string of the molecule is CN=C(NCc1ccccc1CN1CCCC1)N1CCC2(CCOC2)C1. The minimum absolute atomic E-state index is 0.366. The fourth-order valence-electron chi connectivity index (χ4n) is 4.66. The standard InChI is InChI=1S/C21H32N4O/c1-22-20(25-12-8-21(16-25)9-13-26-17-21)23-14-18-6-2-3-7-19(18)15-24-10-4-5-11-24/h2-3,6-7H,4-5,8-17H2,1H3,(H,22,23). The second kappa shape index (κ2) is 7.97. The van der Waals surface area contributed by atoms with Crippen molar-refractivity contribution >= 4 is 5.96 Å².